The van der Waals surface area contributed by atoms with E-state index in [4.69, 9.17) is 0 Å². The molecule has 0 fully saturated rings. The molecule has 10 nitrogen and oxygen atoms in total. The molecule has 2 amide bonds. The molecule has 0 N–H and O–H groups in total. The zero-order chi connectivity index (χ0) is 21.7. The smallest absolute Gasteiger partial charge is 0.277 e. The lowest BCUT2D eigenvalue weighted by atomic mass is 9.92. The van der Waals surface area contributed by atoms with Crippen LogP contribution in [0, 0.1) is 10.1 Å². The van der Waals surface area contributed by atoms with E-state index in [0.717, 1.165) is 24.3 Å². The van der Waals surface area contributed by atoms with Gasteiger partial charge in [-0.05, 0) is 47.5 Å². The fraction of sp³-hybridized carbons (Fsp3) is 0. The van der Waals surface area contributed by atoms with Crippen molar-refractivity contribution in [1.82, 2.24) is 0 Å². The van der Waals surface area contributed by atoms with Crippen LogP contribution < -0.4 is 15.1 Å². The number of non-ortho nitro benzene ring substituents is 1. The highest BCUT2D eigenvalue weighted by molar-refractivity contribution is 6.36. The number of aromatic carboxylic acids is 2. The van der Waals surface area contributed by atoms with Gasteiger partial charge in [0.25, 0.3) is 17.5 Å². The predicted octanol–water partition coefficient (Wildman–Crippen LogP) is 0.276. The van der Waals surface area contributed by atoms with E-state index in [-0.39, 0.29) is 33.3 Å². The van der Waals surface area contributed by atoms with Crippen molar-refractivity contribution in [2.75, 3.05) is 4.90 Å². The molecule has 1 aliphatic heterocycles. The molecule has 0 aliphatic carbocycles. The Kier molecular flexibility index (Phi) is 4.05. The lowest BCUT2D eigenvalue weighted by Crippen LogP contribution is -2.41. The second-order valence-electron chi connectivity index (χ2n) is 6.41. The van der Waals surface area contributed by atoms with Gasteiger partial charge in [-0.25, -0.2) is 4.90 Å². The molecule has 0 bridgehead atoms. The summed E-state index contributed by atoms with van der Waals surface area (Å²) in [7, 11) is 0. The highest BCUT2D eigenvalue weighted by Crippen LogP contribution is 2.37. The van der Waals surface area contributed by atoms with Gasteiger partial charge in [0, 0.05) is 22.6 Å². The fourth-order valence-electron chi connectivity index (χ4n) is 3.45. The highest BCUT2D eigenvalue weighted by Gasteiger charge is 2.36. The monoisotopic (exact) mass is 404 g/mol. The molecule has 10 heteroatoms. The molecular formula is C20H8N2O8-2. The molecular weight excluding hydrogens is 396 g/mol. The Labute approximate surface area is 166 Å². The number of amides is 2. The fourth-order valence-corrected chi connectivity index (χ4v) is 3.45. The van der Waals surface area contributed by atoms with Crippen LogP contribution in [0.15, 0.2) is 48.5 Å². The Morgan fingerprint density at radius 2 is 1.40 bits per heavy atom. The minimum Gasteiger partial charge on any atom is -0.545 e. The van der Waals surface area contributed by atoms with Gasteiger partial charge in [-0.2, -0.15) is 0 Å². The summed E-state index contributed by atoms with van der Waals surface area (Å²) in [5.41, 5.74) is -1.80. The van der Waals surface area contributed by atoms with Crippen LogP contribution in [0.1, 0.15) is 41.4 Å². The number of benzene rings is 3. The molecule has 0 atom stereocenters. The van der Waals surface area contributed by atoms with Crippen molar-refractivity contribution >= 4 is 45.9 Å². The van der Waals surface area contributed by atoms with Crippen LogP contribution >= 0.6 is 0 Å². The van der Waals surface area contributed by atoms with Crippen LogP contribution in [0.5, 0.6) is 0 Å². The first-order chi connectivity index (χ1) is 14.2. The number of rotatable bonds is 4. The number of hydrogen-bond acceptors (Lipinski definition) is 8. The van der Waals surface area contributed by atoms with Crippen molar-refractivity contribution in [2.45, 2.75) is 0 Å². The maximum absolute atomic E-state index is 13.1. The molecule has 0 spiro atoms. The van der Waals surface area contributed by atoms with E-state index in [0.29, 0.717) is 4.90 Å². The van der Waals surface area contributed by atoms with E-state index in [1.54, 1.807) is 0 Å². The van der Waals surface area contributed by atoms with Crippen LogP contribution in [-0.2, 0) is 0 Å². The summed E-state index contributed by atoms with van der Waals surface area (Å²) in [4.78, 5) is 59.9. The van der Waals surface area contributed by atoms with Crippen molar-refractivity contribution < 1.29 is 34.3 Å². The Balaban J connectivity index is 1.98. The summed E-state index contributed by atoms with van der Waals surface area (Å²) in [6.07, 6.45) is 0. The first kappa shape index (κ1) is 18.7. The molecule has 4 rings (SSSR count). The minimum atomic E-state index is -1.71. The maximum atomic E-state index is 13.1. The first-order valence-corrected chi connectivity index (χ1v) is 8.37. The Morgan fingerprint density at radius 1 is 0.833 bits per heavy atom. The largest absolute Gasteiger partial charge is 0.545 e. The van der Waals surface area contributed by atoms with E-state index < -0.39 is 39.8 Å². The number of carboxylic acids is 2. The SMILES string of the molecule is O=C([O-])c1cc(C(=O)[O-])cc(N2C(=O)c3cccc4c([N+](=O)[O-])ccc(c34)C2=O)c1. The molecule has 0 aromatic heterocycles. The van der Waals surface area contributed by atoms with E-state index in [9.17, 15) is 39.5 Å². The Hall–Kier alpha value is -4.60. The number of nitrogens with zero attached hydrogens (tertiary/aromatic N) is 2. The molecule has 0 unspecified atom stereocenters. The zero-order valence-corrected chi connectivity index (χ0v) is 14.8. The summed E-state index contributed by atoms with van der Waals surface area (Å²) in [5, 5.41) is 34.0. The lowest BCUT2D eigenvalue weighted by Gasteiger charge is -2.28. The summed E-state index contributed by atoms with van der Waals surface area (Å²) < 4.78 is 0. The van der Waals surface area contributed by atoms with Crippen molar-refractivity contribution in [1.29, 1.82) is 0 Å². The summed E-state index contributed by atoms with van der Waals surface area (Å²) in [5.74, 6) is -5.21. The summed E-state index contributed by atoms with van der Waals surface area (Å²) in [6.45, 7) is 0. The molecule has 0 saturated heterocycles. The lowest BCUT2D eigenvalue weighted by molar-refractivity contribution is -0.383. The van der Waals surface area contributed by atoms with Gasteiger partial charge in [-0.1, -0.05) is 6.07 Å². The van der Waals surface area contributed by atoms with Crippen molar-refractivity contribution in [3.8, 4) is 0 Å². The normalized spacial score (nSPS) is 12.9. The molecule has 3 aromatic carbocycles. The quantitative estimate of drug-likeness (QED) is 0.340. The van der Waals surface area contributed by atoms with Gasteiger partial charge in [0.05, 0.1) is 27.9 Å². The summed E-state index contributed by atoms with van der Waals surface area (Å²) >= 11 is 0. The van der Waals surface area contributed by atoms with Crippen LogP contribution in [0.3, 0.4) is 0 Å². The Morgan fingerprint density at radius 3 is 1.93 bits per heavy atom. The van der Waals surface area contributed by atoms with Gasteiger partial charge >= 0.3 is 0 Å². The van der Waals surface area contributed by atoms with E-state index in [1.807, 2.05) is 0 Å². The van der Waals surface area contributed by atoms with Gasteiger partial charge in [-0.3, -0.25) is 19.7 Å². The van der Waals surface area contributed by atoms with Gasteiger partial charge in [0.2, 0.25) is 0 Å². The number of imide groups is 1. The Bertz CT molecular complexity index is 1270. The zero-order valence-electron chi connectivity index (χ0n) is 14.8. The van der Waals surface area contributed by atoms with Crippen LogP contribution in [-0.4, -0.2) is 28.7 Å². The highest BCUT2D eigenvalue weighted by atomic mass is 16.6. The molecule has 3 aromatic rings. The van der Waals surface area contributed by atoms with Gasteiger partial charge < -0.3 is 19.8 Å². The molecule has 30 heavy (non-hydrogen) atoms. The van der Waals surface area contributed by atoms with Crippen molar-refractivity contribution in [3.63, 3.8) is 0 Å². The first-order valence-electron chi connectivity index (χ1n) is 8.37. The number of nitro benzene ring substituents is 1. The third kappa shape index (κ3) is 2.66. The summed E-state index contributed by atoms with van der Waals surface area (Å²) in [6, 6.07) is 9.12. The number of carboxylic acid groups (broad SMARTS) is 2. The third-order valence-corrected chi connectivity index (χ3v) is 4.73. The minimum absolute atomic E-state index is 0.0281. The number of nitro groups is 1. The van der Waals surface area contributed by atoms with Gasteiger partial charge in [-0.15, -0.1) is 0 Å². The second-order valence-corrected chi connectivity index (χ2v) is 6.41. The van der Waals surface area contributed by atoms with Crippen molar-refractivity contribution in [2.24, 2.45) is 0 Å². The van der Waals surface area contributed by atoms with Crippen LogP contribution in [0.4, 0.5) is 11.4 Å². The third-order valence-electron chi connectivity index (χ3n) is 4.73. The van der Waals surface area contributed by atoms with E-state index in [1.165, 1.54) is 24.3 Å². The molecule has 148 valence electrons. The number of carbonyl (C=O) groups excluding carboxylic acids is 4. The molecule has 1 heterocycles. The van der Waals surface area contributed by atoms with Gasteiger partial charge in [0.15, 0.2) is 0 Å². The van der Waals surface area contributed by atoms with E-state index in [2.05, 4.69) is 0 Å². The number of carbonyl (C=O) groups is 4. The molecule has 0 saturated carbocycles. The standard InChI is InChI=1S/C20H10N2O8/c23-17-13-3-1-2-12-15(22(29)30)5-4-14(16(12)13)18(24)21(17)11-7-9(19(25)26)6-10(8-11)20(27)28/h1-8H,(H,25,26)(H,27,28)/p-2. The van der Waals surface area contributed by atoms with Crippen LogP contribution in [0.25, 0.3) is 10.8 Å². The van der Waals surface area contributed by atoms with Crippen molar-refractivity contribution in [3.05, 3.63) is 80.9 Å². The predicted molar refractivity (Wildman–Crippen MR) is 96.8 cm³/mol. The maximum Gasteiger partial charge on any atom is 0.277 e. The second kappa shape index (κ2) is 6.48. The number of anilines is 1. The van der Waals surface area contributed by atoms with Gasteiger partial charge in [0.1, 0.15) is 0 Å². The van der Waals surface area contributed by atoms with Crippen LogP contribution in [0.2, 0.25) is 0 Å². The number of hydrogen-bond donors (Lipinski definition) is 0. The average Bonchev–Trinajstić information content (AvgIpc) is 2.71. The molecule has 0 radical (unpaired) electrons. The average molecular weight is 404 g/mol. The molecule has 1 aliphatic rings. The topological polar surface area (TPSA) is 161 Å². The van der Waals surface area contributed by atoms with E-state index >= 15 is 0 Å².